The molecule has 176 valence electrons. The minimum atomic E-state index is -4.52. The zero-order valence-corrected chi connectivity index (χ0v) is 18.9. The van der Waals surface area contributed by atoms with Crippen LogP contribution in [0.2, 0.25) is 0 Å². The van der Waals surface area contributed by atoms with E-state index in [2.05, 4.69) is 25.7 Å². The third-order valence-corrected chi connectivity index (χ3v) is 5.63. The Morgan fingerprint density at radius 3 is 2.68 bits per heavy atom. The van der Waals surface area contributed by atoms with E-state index in [1.54, 1.807) is 24.4 Å². The van der Waals surface area contributed by atoms with Crippen LogP contribution in [0, 0.1) is 0 Å². The van der Waals surface area contributed by atoms with Crippen LogP contribution in [-0.4, -0.2) is 36.6 Å². The summed E-state index contributed by atoms with van der Waals surface area (Å²) in [6.45, 7) is 3.89. The van der Waals surface area contributed by atoms with Gasteiger partial charge in [0.25, 0.3) is 0 Å². The summed E-state index contributed by atoms with van der Waals surface area (Å²) in [4.78, 5) is 16.5. The zero-order chi connectivity index (χ0) is 24.3. The molecular formula is C22H19F3N6O2S. The summed E-state index contributed by atoms with van der Waals surface area (Å²) in [5.74, 6) is 0.178. The molecule has 0 unspecified atom stereocenters. The molecule has 3 heterocycles. The number of nitrogens with one attached hydrogen (secondary N) is 1. The number of aromatic nitrogens is 5. The van der Waals surface area contributed by atoms with Crippen molar-refractivity contribution in [3.63, 3.8) is 0 Å². The van der Waals surface area contributed by atoms with Crippen LogP contribution in [-0.2, 0) is 11.0 Å². The first-order valence-electron chi connectivity index (χ1n) is 10.1. The number of thioether (sulfide) groups is 1. The largest absolute Gasteiger partial charge is 0.416 e. The predicted octanol–water partition coefficient (Wildman–Crippen LogP) is 5.19. The second-order valence-electron chi connectivity index (χ2n) is 7.54. The lowest BCUT2D eigenvalue weighted by molar-refractivity contribution is -0.137. The molecule has 0 bridgehead atoms. The van der Waals surface area contributed by atoms with Crippen molar-refractivity contribution in [1.29, 1.82) is 0 Å². The van der Waals surface area contributed by atoms with Crippen molar-refractivity contribution >= 4 is 23.6 Å². The Bertz CT molecular complexity index is 1290. The van der Waals surface area contributed by atoms with E-state index in [1.165, 1.54) is 22.9 Å². The first-order valence-corrected chi connectivity index (χ1v) is 11.1. The Labute approximate surface area is 196 Å². The summed E-state index contributed by atoms with van der Waals surface area (Å²) in [5, 5.41) is 15.0. The van der Waals surface area contributed by atoms with Gasteiger partial charge in [-0.2, -0.15) is 13.2 Å². The summed E-state index contributed by atoms with van der Waals surface area (Å²) in [6, 6.07) is 9.87. The smallest absolute Gasteiger partial charge is 0.338 e. The van der Waals surface area contributed by atoms with Crippen LogP contribution >= 0.6 is 11.8 Å². The van der Waals surface area contributed by atoms with E-state index in [4.69, 9.17) is 4.52 Å². The van der Waals surface area contributed by atoms with Crippen LogP contribution in [0.25, 0.3) is 17.1 Å². The number of anilines is 1. The second-order valence-corrected chi connectivity index (χ2v) is 8.48. The zero-order valence-electron chi connectivity index (χ0n) is 18.1. The van der Waals surface area contributed by atoms with Crippen molar-refractivity contribution in [3.05, 3.63) is 66.1 Å². The fourth-order valence-corrected chi connectivity index (χ4v) is 3.77. The summed E-state index contributed by atoms with van der Waals surface area (Å²) >= 11 is 1.02. The number of halogens is 3. The molecule has 1 N–H and O–H groups in total. The molecule has 0 fully saturated rings. The molecule has 4 rings (SSSR count). The maximum Gasteiger partial charge on any atom is 0.416 e. The van der Waals surface area contributed by atoms with Crippen LogP contribution in [0.4, 0.5) is 19.1 Å². The van der Waals surface area contributed by atoms with Crippen molar-refractivity contribution in [1.82, 2.24) is 24.9 Å². The number of nitrogens with zero attached hydrogens (tertiary/aromatic N) is 5. The van der Waals surface area contributed by atoms with Gasteiger partial charge in [0.2, 0.25) is 11.8 Å². The van der Waals surface area contributed by atoms with E-state index < -0.39 is 17.6 Å². The quantitative estimate of drug-likeness (QED) is 0.358. The second kappa shape index (κ2) is 9.67. The molecule has 12 heteroatoms. The van der Waals surface area contributed by atoms with Gasteiger partial charge in [0.1, 0.15) is 0 Å². The molecule has 0 aliphatic carbocycles. The van der Waals surface area contributed by atoms with E-state index in [1.807, 2.05) is 13.8 Å². The standard InChI is InChI=1S/C22H19F3N6O2S/c1-13(2)17-10-19(33-30-17)27-18(32)12-34-21-29-28-20(14-5-4-8-26-11-14)31(21)16-7-3-6-15(9-16)22(23,24)25/h3-11,13H,12H2,1-2H3,(H,27,32). The highest BCUT2D eigenvalue weighted by Gasteiger charge is 2.31. The molecule has 0 aliphatic rings. The van der Waals surface area contributed by atoms with Gasteiger partial charge in [-0.05, 0) is 36.2 Å². The Hall–Kier alpha value is -3.67. The average Bonchev–Trinajstić information content (AvgIpc) is 3.45. The number of carbonyl (C=O) groups is 1. The van der Waals surface area contributed by atoms with E-state index in [0.29, 0.717) is 17.1 Å². The average molecular weight is 488 g/mol. The fraction of sp³-hybridized carbons (Fsp3) is 0.227. The number of rotatable bonds is 7. The molecule has 0 atom stereocenters. The Morgan fingerprint density at radius 2 is 2.00 bits per heavy atom. The molecule has 1 amide bonds. The van der Waals surface area contributed by atoms with Crippen molar-refractivity contribution in [2.75, 3.05) is 11.1 Å². The molecule has 8 nitrogen and oxygen atoms in total. The van der Waals surface area contributed by atoms with Gasteiger partial charge in [-0.3, -0.25) is 19.7 Å². The van der Waals surface area contributed by atoms with Gasteiger partial charge in [-0.25, -0.2) is 0 Å². The molecule has 0 saturated heterocycles. The number of carbonyl (C=O) groups excluding carboxylic acids is 1. The maximum atomic E-state index is 13.3. The molecule has 0 saturated carbocycles. The van der Waals surface area contributed by atoms with Crippen LogP contribution in [0.5, 0.6) is 0 Å². The minimum Gasteiger partial charge on any atom is -0.338 e. The van der Waals surface area contributed by atoms with Gasteiger partial charge >= 0.3 is 6.18 Å². The van der Waals surface area contributed by atoms with Crippen molar-refractivity contribution < 1.29 is 22.5 Å². The van der Waals surface area contributed by atoms with Crippen LogP contribution < -0.4 is 5.32 Å². The SMILES string of the molecule is CC(C)c1cc(NC(=O)CSc2nnc(-c3cccnc3)n2-c2cccc(C(F)(F)F)c2)on1. The summed E-state index contributed by atoms with van der Waals surface area (Å²) in [7, 11) is 0. The van der Waals surface area contributed by atoms with Gasteiger partial charge in [0.15, 0.2) is 11.0 Å². The predicted molar refractivity (Wildman–Crippen MR) is 120 cm³/mol. The van der Waals surface area contributed by atoms with Gasteiger partial charge < -0.3 is 4.52 Å². The molecule has 0 aliphatic heterocycles. The summed E-state index contributed by atoms with van der Waals surface area (Å²) < 4.78 is 46.5. The van der Waals surface area contributed by atoms with E-state index in [0.717, 1.165) is 23.9 Å². The van der Waals surface area contributed by atoms with E-state index in [9.17, 15) is 18.0 Å². The molecular weight excluding hydrogens is 469 g/mol. The Balaban J connectivity index is 1.61. The van der Waals surface area contributed by atoms with Crippen LogP contribution in [0.3, 0.4) is 0 Å². The lowest BCUT2D eigenvalue weighted by atomic mass is 10.1. The highest BCUT2D eigenvalue weighted by molar-refractivity contribution is 7.99. The lowest BCUT2D eigenvalue weighted by Gasteiger charge is -2.13. The number of hydrogen-bond acceptors (Lipinski definition) is 7. The van der Waals surface area contributed by atoms with Gasteiger partial charge in [-0.15, -0.1) is 10.2 Å². The molecule has 4 aromatic rings. The van der Waals surface area contributed by atoms with Gasteiger partial charge in [-0.1, -0.05) is 36.8 Å². The highest BCUT2D eigenvalue weighted by atomic mass is 32.2. The number of amides is 1. The summed E-state index contributed by atoms with van der Waals surface area (Å²) in [6.07, 6.45) is -1.41. The van der Waals surface area contributed by atoms with Crippen LogP contribution in [0.15, 0.2) is 64.5 Å². The normalized spacial score (nSPS) is 11.7. The van der Waals surface area contributed by atoms with Gasteiger partial charge in [0, 0.05) is 24.0 Å². The van der Waals surface area contributed by atoms with Crippen molar-refractivity contribution in [2.24, 2.45) is 0 Å². The summed E-state index contributed by atoms with van der Waals surface area (Å²) in [5.41, 5.74) is 0.661. The first kappa shape index (κ1) is 23.5. The third kappa shape index (κ3) is 5.28. The third-order valence-electron chi connectivity index (χ3n) is 4.70. The molecule has 3 aromatic heterocycles. The number of alkyl halides is 3. The van der Waals surface area contributed by atoms with Gasteiger partial charge in [0.05, 0.1) is 22.7 Å². The lowest BCUT2D eigenvalue weighted by Crippen LogP contribution is -2.14. The Kier molecular flexibility index (Phi) is 6.68. The highest BCUT2D eigenvalue weighted by Crippen LogP contribution is 2.33. The van der Waals surface area contributed by atoms with Crippen molar-refractivity contribution in [2.45, 2.75) is 31.1 Å². The molecule has 34 heavy (non-hydrogen) atoms. The Morgan fingerprint density at radius 1 is 1.18 bits per heavy atom. The number of benzene rings is 1. The monoisotopic (exact) mass is 488 g/mol. The van der Waals surface area contributed by atoms with Crippen molar-refractivity contribution in [3.8, 4) is 17.1 Å². The minimum absolute atomic E-state index is 0.0815. The fourth-order valence-electron chi connectivity index (χ4n) is 3.02. The molecule has 0 radical (unpaired) electrons. The van der Waals surface area contributed by atoms with E-state index >= 15 is 0 Å². The first-order chi connectivity index (χ1) is 16.2. The van der Waals surface area contributed by atoms with Crippen LogP contribution in [0.1, 0.15) is 31.0 Å². The number of pyridine rings is 1. The van der Waals surface area contributed by atoms with E-state index in [-0.39, 0.29) is 28.4 Å². The maximum absolute atomic E-state index is 13.3. The molecule has 1 aromatic carbocycles. The number of hydrogen-bond donors (Lipinski definition) is 1. The molecule has 0 spiro atoms. The topological polar surface area (TPSA) is 98.7 Å².